The highest BCUT2D eigenvalue weighted by molar-refractivity contribution is 5.97. The summed E-state index contributed by atoms with van der Waals surface area (Å²) in [6.45, 7) is 30.3. The summed E-state index contributed by atoms with van der Waals surface area (Å²) in [5, 5.41) is 21.9. The molecule has 14 atom stereocenters. The Morgan fingerprint density at radius 1 is 0.556 bits per heavy atom. The summed E-state index contributed by atoms with van der Waals surface area (Å²) in [5.41, 5.74) is 0. The molecule has 0 aromatic heterocycles. The molecule has 1 aliphatic heterocycles. The van der Waals surface area contributed by atoms with Crippen molar-refractivity contribution >= 4 is 82.8 Å². The van der Waals surface area contributed by atoms with Crippen LogP contribution in [0.25, 0.3) is 0 Å². The fraction of sp³-hybridized carbons (Fsp3) is 0.800. The van der Waals surface area contributed by atoms with Crippen LogP contribution in [-0.4, -0.2) is 242 Å². The Hall–Kier alpha value is -7.46. The number of esters is 1. The highest BCUT2D eigenvalue weighted by Gasteiger charge is 2.43. The van der Waals surface area contributed by atoms with E-state index < -0.39 is 185 Å². The third-order valence-electron chi connectivity index (χ3n) is 18.5. The van der Waals surface area contributed by atoms with Gasteiger partial charge in [0.05, 0.1) is 0 Å². The van der Waals surface area contributed by atoms with Crippen LogP contribution in [0, 0.1) is 47.3 Å². The van der Waals surface area contributed by atoms with Crippen LogP contribution in [0.5, 0.6) is 0 Å². The average Bonchev–Trinajstić information content (AvgIpc) is 0.834. The van der Waals surface area contributed by atoms with Crippen LogP contribution in [-0.2, 0) is 76.6 Å². The molecule has 0 saturated carbocycles. The minimum absolute atomic E-state index is 0.0609. The first kappa shape index (κ1) is 89.6. The molecule has 1 rings (SSSR count). The summed E-state index contributed by atoms with van der Waals surface area (Å²) in [6, 6.07) is -12.2. The van der Waals surface area contributed by atoms with Crippen LogP contribution in [0.15, 0.2) is 0 Å². The zero-order valence-corrected chi connectivity index (χ0v) is 63.9. The van der Waals surface area contributed by atoms with E-state index in [1.165, 1.54) is 75.8 Å². The maximum Gasteiger partial charge on any atom is 0.329 e. The summed E-state index contributed by atoms with van der Waals surface area (Å²) in [4.78, 5) is 205. The van der Waals surface area contributed by atoms with E-state index in [2.05, 4.69) is 42.5 Å². The van der Waals surface area contributed by atoms with Gasteiger partial charge in [0.2, 0.25) is 76.8 Å². The van der Waals surface area contributed by atoms with Crippen LogP contribution in [0.3, 0.4) is 0 Å². The summed E-state index contributed by atoms with van der Waals surface area (Å²) >= 11 is 0. The number of carbonyl (C=O) groups excluding carboxylic acids is 14. The molecule has 0 aromatic rings. The van der Waals surface area contributed by atoms with Gasteiger partial charge < -0.3 is 76.5 Å². The quantitative estimate of drug-likeness (QED) is 0.0764. The highest BCUT2D eigenvalue weighted by atomic mass is 16.5. The molecule has 1 fully saturated rings. The standard InChI is InChI=1S/C70H125N13O16/c1-25-43(14)56-68(95)81(21)58(42(12)13)69(96)79(19)46(17)61(88)71-31-28-51(84)75-49(35-39(6)7)66(93)83(23)60(45(16)27-3)70(97)99-47(18)57(78-62(89)50(36-40(8)9)80(20)67(94)55(41(10)11)77-54(87)37-98-24)63(90)72-32-29-52(85)74-48(34-38(4)5)65(92)82(22)59(44(15)26-2)64(91)73-33-30-53(86)76-56/h38-50,55-60H,25-37H2,1-24H3,(H,71,88)(H,72,90)(H,73,91)(H,74,85)(H,75,84)(H,76,86)(H,77,87)(H,78,89)/t43-,44-,45-,46-,47+,48+,49?,50+,55-,56+,57-,58?,59?,60+/m0/s1. The lowest BCUT2D eigenvalue weighted by Gasteiger charge is -2.37. The van der Waals surface area contributed by atoms with Crippen molar-refractivity contribution in [2.75, 3.05) is 68.6 Å². The Bertz CT molecular complexity index is 2730. The smallest absolute Gasteiger partial charge is 0.329 e. The van der Waals surface area contributed by atoms with E-state index in [-0.39, 0.29) is 76.1 Å². The summed E-state index contributed by atoms with van der Waals surface area (Å²) in [6.07, 6.45) is -0.987. The molecule has 99 heavy (non-hydrogen) atoms. The normalized spacial score (nSPS) is 24.8. The lowest BCUT2D eigenvalue weighted by Crippen LogP contribution is -2.61. The fourth-order valence-electron chi connectivity index (χ4n) is 11.8. The number of likely N-dealkylation sites (N-methyl/N-ethyl adjacent to an activating group) is 5. The molecule has 1 aliphatic rings. The van der Waals surface area contributed by atoms with Gasteiger partial charge in [-0.05, 0) is 80.5 Å². The molecule has 3 unspecified atom stereocenters. The van der Waals surface area contributed by atoms with Crippen LogP contribution in [0.1, 0.15) is 182 Å². The van der Waals surface area contributed by atoms with Crippen LogP contribution < -0.4 is 42.5 Å². The van der Waals surface area contributed by atoms with Crippen molar-refractivity contribution in [3.63, 3.8) is 0 Å². The number of nitrogens with zero attached hydrogens (tertiary/aromatic N) is 5. The van der Waals surface area contributed by atoms with Crippen LogP contribution in [0.4, 0.5) is 0 Å². The van der Waals surface area contributed by atoms with Crippen molar-refractivity contribution in [2.24, 2.45) is 47.3 Å². The van der Waals surface area contributed by atoms with Gasteiger partial charge >= 0.3 is 5.97 Å². The third kappa shape index (κ3) is 27.9. The summed E-state index contributed by atoms with van der Waals surface area (Å²) < 4.78 is 11.1. The number of hydrogen-bond donors (Lipinski definition) is 8. The minimum atomic E-state index is -1.73. The van der Waals surface area contributed by atoms with Crippen molar-refractivity contribution in [1.82, 2.24) is 67.0 Å². The molecule has 0 aliphatic carbocycles. The molecular weight excluding hydrogens is 1280 g/mol. The van der Waals surface area contributed by atoms with E-state index in [0.717, 1.165) is 4.90 Å². The Balaban J connectivity index is 4.18. The lowest BCUT2D eigenvalue weighted by atomic mass is 9.94. The van der Waals surface area contributed by atoms with Crippen LogP contribution in [0.2, 0.25) is 0 Å². The molecule has 13 amide bonds. The van der Waals surface area contributed by atoms with Gasteiger partial charge in [-0.3, -0.25) is 62.3 Å². The van der Waals surface area contributed by atoms with Crippen molar-refractivity contribution < 1.29 is 76.6 Å². The topological polar surface area (TPSA) is 370 Å². The van der Waals surface area contributed by atoms with Gasteiger partial charge in [-0.1, -0.05) is 130 Å². The highest BCUT2D eigenvalue weighted by Crippen LogP contribution is 2.24. The van der Waals surface area contributed by atoms with E-state index in [4.69, 9.17) is 9.47 Å². The van der Waals surface area contributed by atoms with Crippen molar-refractivity contribution in [2.45, 2.75) is 249 Å². The predicted octanol–water partition coefficient (Wildman–Crippen LogP) is 2.26. The van der Waals surface area contributed by atoms with Gasteiger partial charge in [-0.2, -0.15) is 0 Å². The number of rotatable bonds is 21. The lowest BCUT2D eigenvalue weighted by molar-refractivity contribution is -0.163. The molecule has 1 saturated heterocycles. The van der Waals surface area contributed by atoms with Crippen LogP contribution >= 0.6 is 0 Å². The van der Waals surface area contributed by atoms with E-state index in [9.17, 15) is 67.1 Å². The number of ether oxygens (including phenoxy) is 2. The number of hydrogen-bond acceptors (Lipinski definition) is 16. The first-order valence-electron chi connectivity index (χ1n) is 35.4. The molecule has 0 bridgehead atoms. The molecule has 8 N–H and O–H groups in total. The SMILES string of the molecule is CC[C@H](C)C1C(=O)NCCC(=O)N[C@H]([C@@H](C)CC)C(=O)N(C)C(C(C)C)C(=O)N(C)[C@@H](C)C(=O)NCCC(=O)NC(CC(C)C)C(=O)N(C)[C@H]([C@@H](C)CC)C(=O)O[C@H](C)[C@H](NC(=O)[C@@H](CC(C)C)N(C)C(=O)[C@@H](NC(=O)COC)C(C)C)C(=O)NCCC(=O)N[C@H](CC(C)C)C(=O)N1C. The average molecular weight is 1400 g/mol. The molecule has 0 aromatic carbocycles. The predicted molar refractivity (Wildman–Crippen MR) is 375 cm³/mol. The number of methoxy groups -OCH3 is 1. The van der Waals surface area contributed by atoms with Gasteiger partial charge in [0.1, 0.15) is 73.1 Å². The number of cyclic esters (lactones) is 1. The van der Waals surface area contributed by atoms with E-state index in [0.29, 0.717) is 19.3 Å². The second-order valence-corrected chi connectivity index (χ2v) is 28.8. The first-order valence-corrected chi connectivity index (χ1v) is 35.4. The minimum Gasteiger partial charge on any atom is -0.458 e. The molecule has 566 valence electrons. The Morgan fingerprint density at radius 2 is 0.990 bits per heavy atom. The van der Waals surface area contributed by atoms with Gasteiger partial charge in [-0.15, -0.1) is 0 Å². The monoisotopic (exact) mass is 1400 g/mol. The largest absolute Gasteiger partial charge is 0.458 e. The fourth-order valence-corrected chi connectivity index (χ4v) is 11.8. The zero-order chi connectivity index (χ0) is 76.2. The van der Waals surface area contributed by atoms with Gasteiger partial charge in [0.15, 0.2) is 0 Å². The molecule has 29 heteroatoms. The van der Waals surface area contributed by atoms with Gasteiger partial charge in [0, 0.05) is 81.2 Å². The first-order chi connectivity index (χ1) is 46.1. The second kappa shape index (κ2) is 43.3. The summed E-state index contributed by atoms with van der Waals surface area (Å²) in [5.74, 6) is -12.4. The Morgan fingerprint density at radius 3 is 1.42 bits per heavy atom. The van der Waals surface area contributed by atoms with E-state index in [1.807, 2.05) is 55.4 Å². The molecule has 0 spiro atoms. The Labute approximate surface area is 589 Å². The van der Waals surface area contributed by atoms with Crippen molar-refractivity contribution in [1.29, 1.82) is 0 Å². The molecule has 29 nitrogen and oxygen atoms in total. The second-order valence-electron chi connectivity index (χ2n) is 28.8. The van der Waals surface area contributed by atoms with Crippen molar-refractivity contribution in [3.05, 3.63) is 0 Å². The van der Waals surface area contributed by atoms with Gasteiger partial charge in [0.25, 0.3) is 0 Å². The van der Waals surface area contributed by atoms with Gasteiger partial charge in [-0.25, -0.2) is 4.79 Å². The Kier molecular flexibility index (Phi) is 39.1. The number of carbonyl (C=O) groups is 14. The number of nitrogens with one attached hydrogen (secondary N) is 8. The third-order valence-corrected chi connectivity index (χ3v) is 18.5. The maximum absolute atomic E-state index is 14.8. The number of amides is 13. The molecule has 1 heterocycles. The summed E-state index contributed by atoms with van der Waals surface area (Å²) in [7, 11) is 8.40. The van der Waals surface area contributed by atoms with Crippen molar-refractivity contribution in [3.8, 4) is 0 Å². The zero-order valence-electron chi connectivity index (χ0n) is 63.9. The van der Waals surface area contributed by atoms with E-state index in [1.54, 1.807) is 55.4 Å². The molecular formula is C70H125N13O16. The molecule has 0 radical (unpaired) electrons. The maximum atomic E-state index is 14.8. The van der Waals surface area contributed by atoms with E-state index >= 15 is 0 Å².